The molecule has 6 rings (SSSR count). The van der Waals surface area contributed by atoms with E-state index < -0.39 is 0 Å². The van der Waals surface area contributed by atoms with E-state index in [9.17, 15) is 0 Å². The maximum Gasteiger partial charge on any atom is 0.229 e. The summed E-state index contributed by atoms with van der Waals surface area (Å²) in [5.41, 5.74) is 4.14. The number of benzene rings is 1. The van der Waals surface area contributed by atoms with Crippen LogP contribution in [0, 0.1) is 0 Å². The van der Waals surface area contributed by atoms with Crippen LogP contribution in [-0.2, 0) is 11.3 Å². The van der Waals surface area contributed by atoms with E-state index in [0.717, 1.165) is 87.6 Å². The third-order valence-electron chi connectivity index (χ3n) is 7.64. The van der Waals surface area contributed by atoms with E-state index in [1.54, 1.807) is 0 Å². The van der Waals surface area contributed by atoms with E-state index in [4.69, 9.17) is 19.7 Å². The molecule has 3 aromatic rings. The molecule has 1 aromatic carbocycles. The van der Waals surface area contributed by atoms with Crippen molar-refractivity contribution >= 4 is 28.6 Å². The second-order valence-corrected chi connectivity index (χ2v) is 10.1. The van der Waals surface area contributed by atoms with Crippen molar-refractivity contribution in [1.29, 1.82) is 0 Å². The number of aromatic nitrogens is 4. The van der Waals surface area contributed by atoms with E-state index in [2.05, 4.69) is 55.9 Å². The van der Waals surface area contributed by atoms with Gasteiger partial charge in [0.05, 0.1) is 19.5 Å². The first-order valence-electron chi connectivity index (χ1n) is 13.1. The molecule has 3 aliphatic rings. The van der Waals surface area contributed by atoms with Crippen LogP contribution in [0.2, 0.25) is 0 Å². The Morgan fingerprint density at radius 2 is 1.69 bits per heavy atom. The molecule has 0 bridgehead atoms. The third kappa shape index (κ3) is 4.98. The Morgan fingerprint density at radius 1 is 0.943 bits per heavy atom. The standard InChI is InChI=1S/C26H36N8O/c1-31-10-12-33(13-11-31)26-29-24(23-25(30-26)34(19-27-23)22-4-2-3-5-22)28-21-8-6-20(7-9-21)18-32-14-16-35-17-15-32/h6-9,19,22H,2-5,10-18H2,1H3,(H,28,29,30). The molecule has 0 unspecified atom stereocenters. The zero-order valence-electron chi connectivity index (χ0n) is 20.7. The zero-order chi connectivity index (χ0) is 23.6. The summed E-state index contributed by atoms with van der Waals surface area (Å²) in [7, 11) is 2.17. The molecule has 9 nitrogen and oxygen atoms in total. The summed E-state index contributed by atoms with van der Waals surface area (Å²) >= 11 is 0. The van der Waals surface area contributed by atoms with Crippen LogP contribution in [0.5, 0.6) is 0 Å². The van der Waals surface area contributed by atoms with Crippen LogP contribution >= 0.6 is 0 Å². The molecule has 3 fully saturated rings. The molecule has 0 amide bonds. The van der Waals surface area contributed by atoms with Gasteiger partial charge in [-0.15, -0.1) is 0 Å². The van der Waals surface area contributed by atoms with E-state index in [-0.39, 0.29) is 0 Å². The van der Waals surface area contributed by atoms with Crippen LogP contribution in [-0.4, -0.2) is 88.8 Å². The monoisotopic (exact) mass is 476 g/mol. The van der Waals surface area contributed by atoms with Gasteiger partial charge in [-0.3, -0.25) is 4.90 Å². The Kier molecular flexibility index (Phi) is 6.54. The maximum absolute atomic E-state index is 5.47. The predicted octanol–water partition coefficient (Wildman–Crippen LogP) is 3.27. The van der Waals surface area contributed by atoms with E-state index in [0.29, 0.717) is 6.04 Å². The van der Waals surface area contributed by atoms with E-state index in [1.807, 2.05) is 6.33 Å². The van der Waals surface area contributed by atoms with Gasteiger partial charge in [-0.05, 0) is 37.6 Å². The normalized spacial score (nSPS) is 20.7. The average Bonchev–Trinajstić information content (AvgIpc) is 3.56. The van der Waals surface area contributed by atoms with Crippen molar-refractivity contribution in [1.82, 2.24) is 29.3 Å². The highest BCUT2D eigenvalue weighted by Crippen LogP contribution is 2.34. The Bertz CT molecular complexity index is 1130. The minimum absolute atomic E-state index is 0.488. The van der Waals surface area contributed by atoms with Crippen molar-refractivity contribution in [2.45, 2.75) is 38.3 Å². The fourth-order valence-electron chi connectivity index (χ4n) is 5.44. The fourth-order valence-corrected chi connectivity index (χ4v) is 5.44. The molecular weight excluding hydrogens is 440 g/mol. The lowest BCUT2D eigenvalue weighted by molar-refractivity contribution is 0.0342. The van der Waals surface area contributed by atoms with Gasteiger partial charge in [0, 0.05) is 57.5 Å². The summed E-state index contributed by atoms with van der Waals surface area (Å²) in [5.74, 6) is 1.60. The van der Waals surface area contributed by atoms with Crippen LogP contribution in [0.15, 0.2) is 30.6 Å². The summed E-state index contributed by atoms with van der Waals surface area (Å²) in [4.78, 5) is 21.9. The molecule has 0 radical (unpaired) electrons. The first-order chi connectivity index (χ1) is 17.2. The second kappa shape index (κ2) is 10.1. The molecule has 0 atom stereocenters. The number of hydrogen-bond donors (Lipinski definition) is 1. The Labute approximate surface area is 207 Å². The summed E-state index contributed by atoms with van der Waals surface area (Å²) in [6, 6.07) is 9.19. The molecule has 2 aromatic heterocycles. The largest absolute Gasteiger partial charge is 0.379 e. The second-order valence-electron chi connectivity index (χ2n) is 10.1. The number of morpholine rings is 1. The number of fused-ring (bicyclic) bond motifs is 1. The molecule has 2 aliphatic heterocycles. The molecule has 9 heteroatoms. The molecule has 186 valence electrons. The average molecular weight is 477 g/mol. The summed E-state index contributed by atoms with van der Waals surface area (Å²) in [6.45, 7) is 8.53. The van der Waals surface area contributed by atoms with Gasteiger partial charge in [-0.25, -0.2) is 4.98 Å². The molecule has 1 N–H and O–H groups in total. The van der Waals surface area contributed by atoms with Gasteiger partial charge in [-0.1, -0.05) is 25.0 Å². The fraction of sp³-hybridized carbons (Fsp3) is 0.577. The minimum Gasteiger partial charge on any atom is -0.379 e. The summed E-state index contributed by atoms with van der Waals surface area (Å²) in [5, 5.41) is 3.57. The highest BCUT2D eigenvalue weighted by atomic mass is 16.5. The van der Waals surface area contributed by atoms with Crippen molar-refractivity contribution in [2.75, 3.05) is 69.7 Å². The molecular formula is C26H36N8O. The van der Waals surface area contributed by atoms with Crippen LogP contribution in [0.1, 0.15) is 37.3 Å². The summed E-state index contributed by atoms with van der Waals surface area (Å²) in [6.07, 6.45) is 6.93. The lowest BCUT2D eigenvalue weighted by atomic mass is 10.2. The lowest BCUT2D eigenvalue weighted by Crippen LogP contribution is -2.45. The van der Waals surface area contributed by atoms with Gasteiger partial charge in [0.1, 0.15) is 0 Å². The number of rotatable bonds is 6. The Morgan fingerprint density at radius 3 is 2.43 bits per heavy atom. The number of nitrogens with one attached hydrogen (secondary N) is 1. The molecule has 35 heavy (non-hydrogen) atoms. The van der Waals surface area contributed by atoms with Gasteiger partial charge < -0.3 is 24.4 Å². The number of ether oxygens (including phenoxy) is 1. The maximum atomic E-state index is 5.47. The van der Waals surface area contributed by atoms with Crippen LogP contribution in [0.3, 0.4) is 0 Å². The highest BCUT2D eigenvalue weighted by Gasteiger charge is 2.24. The van der Waals surface area contributed by atoms with Crippen molar-refractivity contribution in [2.24, 2.45) is 0 Å². The molecule has 4 heterocycles. The van der Waals surface area contributed by atoms with Crippen LogP contribution in [0.25, 0.3) is 11.2 Å². The minimum atomic E-state index is 0.488. The number of likely N-dealkylation sites (N-methyl/N-ethyl adjacent to an activating group) is 1. The van der Waals surface area contributed by atoms with Crippen molar-refractivity contribution in [3.8, 4) is 0 Å². The van der Waals surface area contributed by atoms with Gasteiger partial charge in [0.25, 0.3) is 0 Å². The molecule has 1 saturated carbocycles. The molecule has 0 spiro atoms. The molecule has 2 saturated heterocycles. The first kappa shape index (κ1) is 22.7. The Hall–Kier alpha value is -2.75. The number of imidazole rings is 1. The van der Waals surface area contributed by atoms with E-state index >= 15 is 0 Å². The number of piperazine rings is 1. The predicted molar refractivity (Wildman–Crippen MR) is 138 cm³/mol. The third-order valence-corrected chi connectivity index (χ3v) is 7.64. The van der Waals surface area contributed by atoms with Gasteiger partial charge in [0.15, 0.2) is 17.0 Å². The van der Waals surface area contributed by atoms with Gasteiger partial charge in [-0.2, -0.15) is 9.97 Å². The number of nitrogens with zero attached hydrogens (tertiary/aromatic N) is 7. The SMILES string of the molecule is CN1CCN(c2nc(Nc3ccc(CN4CCOCC4)cc3)c3ncn(C4CCCC4)c3n2)CC1. The highest BCUT2D eigenvalue weighted by molar-refractivity contribution is 5.86. The number of hydrogen-bond acceptors (Lipinski definition) is 8. The van der Waals surface area contributed by atoms with Crippen molar-refractivity contribution in [3.05, 3.63) is 36.2 Å². The Balaban J connectivity index is 1.28. The number of anilines is 3. The van der Waals surface area contributed by atoms with Gasteiger partial charge >= 0.3 is 0 Å². The van der Waals surface area contributed by atoms with Crippen molar-refractivity contribution in [3.63, 3.8) is 0 Å². The van der Waals surface area contributed by atoms with Gasteiger partial charge in [0.2, 0.25) is 5.95 Å². The zero-order valence-corrected chi connectivity index (χ0v) is 20.7. The first-order valence-corrected chi connectivity index (χ1v) is 13.1. The van der Waals surface area contributed by atoms with Crippen molar-refractivity contribution < 1.29 is 4.74 Å². The van der Waals surface area contributed by atoms with E-state index in [1.165, 1.54) is 31.2 Å². The van der Waals surface area contributed by atoms with Crippen LogP contribution < -0.4 is 10.2 Å². The lowest BCUT2D eigenvalue weighted by Gasteiger charge is -2.32. The smallest absolute Gasteiger partial charge is 0.229 e. The summed E-state index contributed by atoms with van der Waals surface area (Å²) < 4.78 is 7.77. The molecule has 1 aliphatic carbocycles. The topological polar surface area (TPSA) is 74.6 Å². The quantitative estimate of drug-likeness (QED) is 0.581. The van der Waals surface area contributed by atoms with Crippen LogP contribution in [0.4, 0.5) is 17.5 Å².